The molecule has 0 atom stereocenters. The van der Waals surface area contributed by atoms with Crippen molar-refractivity contribution in [1.82, 2.24) is 10.1 Å². The van der Waals surface area contributed by atoms with E-state index in [0.717, 1.165) is 0 Å². The molecule has 3 N–H and O–H groups in total. The van der Waals surface area contributed by atoms with Crippen LogP contribution in [0.4, 0.5) is 5.82 Å². The average molecular weight is 491 g/mol. The molecule has 4 aromatic rings. The Morgan fingerprint density at radius 3 is 2.58 bits per heavy atom. The highest BCUT2D eigenvalue weighted by atomic mass is 16.5. The van der Waals surface area contributed by atoms with Crippen LogP contribution in [-0.2, 0) is 29.0 Å². The van der Waals surface area contributed by atoms with E-state index in [1.54, 1.807) is 55.8 Å². The van der Waals surface area contributed by atoms with Crippen LogP contribution in [0, 0.1) is 0 Å². The van der Waals surface area contributed by atoms with Crippen molar-refractivity contribution in [3.63, 3.8) is 0 Å². The Morgan fingerprint density at radius 2 is 1.89 bits per heavy atom. The van der Waals surface area contributed by atoms with Crippen molar-refractivity contribution in [2.24, 2.45) is 5.73 Å². The van der Waals surface area contributed by atoms with E-state index in [4.69, 9.17) is 24.5 Å². The Labute approximate surface area is 207 Å². The third kappa shape index (κ3) is 5.44. The summed E-state index contributed by atoms with van der Waals surface area (Å²) in [5, 5.41) is 7.16. The molecule has 36 heavy (non-hydrogen) atoms. The van der Waals surface area contributed by atoms with Crippen molar-refractivity contribution >= 4 is 28.5 Å². The molecule has 0 radical (unpaired) electrons. The van der Waals surface area contributed by atoms with Gasteiger partial charge >= 0.3 is 0 Å². The molecule has 4 rings (SSSR count). The number of primary amides is 1. The third-order valence-electron chi connectivity index (χ3n) is 5.50. The molecular formula is C26H26N4O6. The van der Waals surface area contributed by atoms with Gasteiger partial charge in [-0.15, -0.1) is 0 Å². The summed E-state index contributed by atoms with van der Waals surface area (Å²) in [4.78, 5) is 28.9. The van der Waals surface area contributed by atoms with Gasteiger partial charge in [-0.05, 0) is 29.8 Å². The van der Waals surface area contributed by atoms with Crippen molar-refractivity contribution in [1.29, 1.82) is 0 Å². The van der Waals surface area contributed by atoms with Gasteiger partial charge in [0.1, 0.15) is 23.0 Å². The second-order valence-corrected chi connectivity index (χ2v) is 7.97. The Balaban J connectivity index is 1.57. The Bertz CT molecular complexity index is 1420. The van der Waals surface area contributed by atoms with Gasteiger partial charge in [0.2, 0.25) is 11.8 Å². The molecule has 0 aliphatic heterocycles. The molecule has 2 aromatic heterocycles. The minimum absolute atomic E-state index is 0.0697. The first-order chi connectivity index (χ1) is 17.4. The predicted octanol–water partition coefficient (Wildman–Crippen LogP) is 4.01. The topological polar surface area (TPSA) is 139 Å². The summed E-state index contributed by atoms with van der Waals surface area (Å²) in [7, 11) is 3.06. The number of ether oxygens (including phenoxy) is 3. The highest BCUT2D eigenvalue weighted by Gasteiger charge is 2.16. The lowest BCUT2D eigenvalue weighted by Gasteiger charge is -2.14. The molecular weight excluding hydrogens is 464 g/mol. The van der Waals surface area contributed by atoms with Gasteiger partial charge in [0.15, 0.2) is 5.82 Å². The van der Waals surface area contributed by atoms with Crippen LogP contribution in [0.3, 0.4) is 0 Å². The number of carbonyl (C=O) groups is 2. The molecule has 0 fully saturated rings. The molecule has 2 amide bonds. The minimum Gasteiger partial charge on any atom is -0.496 e. The molecule has 0 bridgehead atoms. The number of aromatic nitrogens is 2. The fourth-order valence-electron chi connectivity index (χ4n) is 3.76. The summed E-state index contributed by atoms with van der Waals surface area (Å²) in [5.41, 5.74) is 7.85. The number of pyridine rings is 1. The maximum absolute atomic E-state index is 12.5. The SMILES string of the molecule is CCc1cc(NC(=O)Cc2ccc(Oc3ccnc4cc(COC)c(C(N)=O)cc34)cc2OC)no1. The molecule has 0 saturated heterocycles. The van der Waals surface area contributed by atoms with E-state index in [1.165, 1.54) is 7.11 Å². The zero-order valence-electron chi connectivity index (χ0n) is 20.2. The van der Waals surface area contributed by atoms with Crippen molar-refractivity contribution in [3.05, 3.63) is 71.1 Å². The maximum Gasteiger partial charge on any atom is 0.249 e. The third-order valence-corrected chi connectivity index (χ3v) is 5.50. The highest BCUT2D eigenvalue weighted by molar-refractivity contribution is 6.00. The zero-order valence-corrected chi connectivity index (χ0v) is 20.2. The predicted molar refractivity (Wildman–Crippen MR) is 132 cm³/mol. The molecule has 0 unspecified atom stereocenters. The molecule has 10 heteroatoms. The number of fused-ring (bicyclic) bond motifs is 1. The van der Waals surface area contributed by atoms with Crippen molar-refractivity contribution in [2.75, 3.05) is 19.5 Å². The molecule has 2 aromatic carbocycles. The normalized spacial score (nSPS) is 10.9. The summed E-state index contributed by atoms with van der Waals surface area (Å²) < 4.78 is 21.9. The first kappa shape index (κ1) is 24.7. The number of nitrogens with zero attached hydrogens (tertiary/aromatic N) is 2. The summed E-state index contributed by atoms with van der Waals surface area (Å²) in [6.07, 6.45) is 2.37. The van der Waals surface area contributed by atoms with Gasteiger partial charge in [-0.2, -0.15) is 0 Å². The number of nitrogens with two attached hydrogens (primary N) is 1. The number of rotatable bonds is 10. The van der Waals surface area contributed by atoms with Crippen LogP contribution in [0.2, 0.25) is 0 Å². The van der Waals surface area contributed by atoms with Gasteiger partial charge in [-0.3, -0.25) is 14.6 Å². The van der Waals surface area contributed by atoms with Crippen LogP contribution in [0.5, 0.6) is 17.2 Å². The van der Waals surface area contributed by atoms with Gasteiger partial charge in [0.25, 0.3) is 0 Å². The largest absolute Gasteiger partial charge is 0.496 e. The molecule has 186 valence electrons. The molecule has 0 saturated carbocycles. The molecule has 0 spiro atoms. The quantitative estimate of drug-likeness (QED) is 0.340. The number of nitrogens with one attached hydrogen (secondary N) is 1. The van der Waals surface area contributed by atoms with Crippen LogP contribution >= 0.6 is 0 Å². The van der Waals surface area contributed by atoms with E-state index in [1.807, 2.05) is 6.92 Å². The number of hydrogen-bond donors (Lipinski definition) is 2. The van der Waals surface area contributed by atoms with Crippen LogP contribution in [0.1, 0.15) is 34.2 Å². The summed E-state index contributed by atoms with van der Waals surface area (Å²) in [6, 6.07) is 12.0. The number of carbonyl (C=O) groups excluding carboxylic acids is 2. The van der Waals surface area contributed by atoms with Crippen LogP contribution in [0.15, 0.2) is 53.2 Å². The van der Waals surface area contributed by atoms with Gasteiger partial charge in [-0.1, -0.05) is 18.1 Å². The number of hydrogen-bond acceptors (Lipinski definition) is 8. The smallest absolute Gasteiger partial charge is 0.249 e. The summed E-state index contributed by atoms with van der Waals surface area (Å²) in [6.45, 7) is 2.16. The second-order valence-electron chi connectivity index (χ2n) is 7.97. The highest BCUT2D eigenvalue weighted by Crippen LogP contribution is 2.33. The lowest BCUT2D eigenvalue weighted by Crippen LogP contribution is -2.15. The number of amides is 2. The Hall–Kier alpha value is -4.44. The molecule has 0 aliphatic rings. The Kier molecular flexibility index (Phi) is 7.45. The van der Waals surface area contributed by atoms with Crippen LogP contribution < -0.4 is 20.5 Å². The standard InChI is InChI=1S/C26H26N4O6/c1-4-17-12-24(30-36-17)29-25(31)10-15-5-6-18(11-23(15)34-3)35-22-7-8-28-21-9-16(14-33-2)19(26(27)32)13-20(21)22/h5-9,11-13H,4,10,14H2,1-3H3,(H2,27,32)(H,29,30,31). The van der Waals surface area contributed by atoms with Crippen LogP contribution in [-0.4, -0.2) is 36.2 Å². The lowest BCUT2D eigenvalue weighted by molar-refractivity contribution is -0.115. The average Bonchev–Trinajstić information content (AvgIpc) is 3.32. The fourth-order valence-corrected chi connectivity index (χ4v) is 3.76. The maximum atomic E-state index is 12.5. The molecule has 10 nitrogen and oxygen atoms in total. The van der Waals surface area contributed by atoms with Crippen molar-refractivity contribution in [2.45, 2.75) is 26.4 Å². The van der Waals surface area contributed by atoms with Crippen molar-refractivity contribution in [3.8, 4) is 17.2 Å². The van der Waals surface area contributed by atoms with Gasteiger partial charge < -0.3 is 29.8 Å². The van der Waals surface area contributed by atoms with Gasteiger partial charge in [0.05, 0.1) is 25.7 Å². The summed E-state index contributed by atoms with van der Waals surface area (Å²) in [5.74, 6) is 1.67. The lowest BCUT2D eigenvalue weighted by atomic mass is 10.0. The van der Waals surface area contributed by atoms with E-state index in [-0.39, 0.29) is 18.9 Å². The first-order valence-corrected chi connectivity index (χ1v) is 11.2. The number of aryl methyl sites for hydroxylation is 1. The van der Waals surface area contributed by atoms with Gasteiger partial charge in [0, 0.05) is 48.4 Å². The van der Waals surface area contributed by atoms with Gasteiger partial charge in [-0.25, -0.2) is 0 Å². The Morgan fingerprint density at radius 1 is 1.06 bits per heavy atom. The van der Waals surface area contributed by atoms with E-state index in [0.29, 0.717) is 62.8 Å². The van der Waals surface area contributed by atoms with Crippen molar-refractivity contribution < 1.29 is 28.3 Å². The number of methoxy groups -OCH3 is 2. The first-order valence-electron chi connectivity index (χ1n) is 11.2. The monoisotopic (exact) mass is 490 g/mol. The summed E-state index contributed by atoms with van der Waals surface area (Å²) >= 11 is 0. The van der Waals surface area contributed by atoms with Crippen LogP contribution in [0.25, 0.3) is 10.9 Å². The van der Waals surface area contributed by atoms with E-state index in [2.05, 4.69) is 15.5 Å². The number of benzene rings is 2. The number of anilines is 1. The minimum atomic E-state index is -0.570. The van der Waals surface area contributed by atoms with E-state index < -0.39 is 5.91 Å². The van der Waals surface area contributed by atoms with E-state index >= 15 is 0 Å². The zero-order chi connectivity index (χ0) is 25.7. The second kappa shape index (κ2) is 10.9. The molecule has 0 aliphatic carbocycles. The molecule has 2 heterocycles. The fraction of sp³-hybridized carbons (Fsp3) is 0.231. The van der Waals surface area contributed by atoms with E-state index in [9.17, 15) is 9.59 Å².